The molecule has 0 fully saturated rings. The number of ether oxygens (including phenoxy) is 3. The van der Waals surface area contributed by atoms with Gasteiger partial charge >= 0.3 is 0 Å². The number of fused-ring (bicyclic) bond motifs is 4. The third-order valence-corrected chi connectivity index (χ3v) is 10.7. The standard InChI is InChI=1S/C38H37N3O6S/c1-25-14-16-30(17-15-25)48(43,44)41-21-26(2)36-31-19-29(47-24-45-4)22-40(38(42)34-18-28-12-8-9-13-32(28)39(34)3)33(31)20-35(37(36)41)46-23-27-10-6-5-7-11-27/h5-18,20-21,29H,19,22-24H2,1-4H3. The monoisotopic (exact) mass is 663 g/mol. The number of nitrogens with zero attached hydrogens (tertiary/aromatic N) is 3. The molecule has 3 heterocycles. The second kappa shape index (κ2) is 12.6. The number of hydrogen-bond donors (Lipinski definition) is 0. The van der Waals surface area contributed by atoms with Crippen LogP contribution in [0.5, 0.6) is 5.75 Å². The molecule has 0 saturated carbocycles. The molecule has 0 spiro atoms. The zero-order chi connectivity index (χ0) is 33.6. The molecule has 0 bridgehead atoms. The van der Waals surface area contributed by atoms with Crippen LogP contribution in [0.2, 0.25) is 0 Å². The lowest BCUT2D eigenvalue weighted by molar-refractivity contribution is -0.0689. The van der Waals surface area contributed by atoms with Crippen LogP contribution in [0, 0.1) is 13.8 Å². The number of aryl methyl sites for hydroxylation is 3. The Labute approximate surface area is 279 Å². The predicted octanol–water partition coefficient (Wildman–Crippen LogP) is 6.76. The first kappa shape index (κ1) is 31.7. The van der Waals surface area contributed by atoms with Gasteiger partial charge in [0.15, 0.2) is 0 Å². The van der Waals surface area contributed by atoms with Crippen molar-refractivity contribution in [3.8, 4) is 5.75 Å². The van der Waals surface area contributed by atoms with E-state index in [9.17, 15) is 13.2 Å². The van der Waals surface area contributed by atoms with Crippen LogP contribution in [0.4, 0.5) is 5.69 Å². The number of hydrogen-bond acceptors (Lipinski definition) is 6. The highest BCUT2D eigenvalue weighted by molar-refractivity contribution is 7.90. The lowest BCUT2D eigenvalue weighted by Crippen LogP contribution is -2.44. The molecule has 7 rings (SSSR count). The number of para-hydroxylation sites is 1. The number of anilines is 1. The van der Waals surface area contributed by atoms with Gasteiger partial charge in [-0.15, -0.1) is 0 Å². The summed E-state index contributed by atoms with van der Waals surface area (Å²) >= 11 is 0. The Hall–Kier alpha value is -4.90. The van der Waals surface area contributed by atoms with Crippen molar-refractivity contribution in [1.29, 1.82) is 0 Å². The molecule has 48 heavy (non-hydrogen) atoms. The van der Waals surface area contributed by atoms with Crippen molar-refractivity contribution < 1.29 is 27.4 Å². The summed E-state index contributed by atoms with van der Waals surface area (Å²) in [6, 6.07) is 28.1. The van der Waals surface area contributed by atoms with Crippen LogP contribution < -0.4 is 9.64 Å². The molecule has 0 saturated heterocycles. The molecule has 0 radical (unpaired) electrons. The summed E-state index contributed by atoms with van der Waals surface area (Å²) < 4.78 is 49.6. The molecule has 0 N–H and O–H groups in total. The summed E-state index contributed by atoms with van der Waals surface area (Å²) in [7, 11) is -0.567. The zero-order valence-corrected chi connectivity index (χ0v) is 28.2. The quantitative estimate of drug-likeness (QED) is 0.159. The van der Waals surface area contributed by atoms with E-state index >= 15 is 0 Å². The van der Waals surface area contributed by atoms with Crippen molar-refractivity contribution in [3.05, 3.63) is 125 Å². The van der Waals surface area contributed by atoms with E-state index in [-0.39, 0.29) is 30.7 Å². The minimum Gasteiger partial charge on any atom is -0.487 e. The van der Waals surface area contributed by atoms with E-state index in [4.69, 9.17) is 14.2 Å². The highest BCUT2D eigenvalue weighted by Gasteiger charge is 2.36. The highest BCUT2D eigenvalue weighted by atomic mass is 32.2. The summed E-state index contributed by atoms with van der Waals surface area (Å²) in [6.45, 7) is 4.35. The maximum absolute atomic E-state index is 14.5. The van der Waals surface area contributed by atoms with E-state index < -0.39 is 16.1 Å². The number of amides is 1. The van der Waals surface area contributed by atoms with Gasteiger partial charge < -0.3 is 23.7 Å². The summed E-state index contributed by atoms with van der Waals surface area (Å²) in [5.74, 6) is 0.167. The molecule has 10 heteroatoms. The number of carbonyl (C=O) groups excluding carboxylic acids is 1. The van der Waals surface area contributed by atoms with Gasteiger partial charge in [0.25, 0.3) is 15.9 Å². The van der Waals surface area contributed by atoms with Crippen LogP contribution in [0.1, 0.15) is 32.7 Å². The van der Waals surface area contributed by atoms with Gasteiger partial charge in [0.05, 0.1) is 23.2 Å². The highest BCUT2D eigenvalue weighted by Crippen LogP contribution is 2.44. The number of carbonyl (C=O) groups is 1. The molecule has 1 aliphatic rings. The van der Waals surface area contributed by atoms with Gasteiger partial charge in [-0.25, -0.2) is 12.4 Å². The first-order valence-corrected chi connectivity index (χ1v) is 17.2. The molecule has 6 aromatic rings. The third-order valence-electron chi connectivity index (χ3n) is 9.04. The number of rotatable bonds is 9. The molecule has 0 aliphatic carbocycles. The zero-order valence-electron chi connectivity index (χ0n) is 27.3. The lowest BCUT2D eigenvalue weighted by Gasteiger charge is -2.35. The maximum atomic E-state index is 14.5. The van der Waals surface area contributed by atoms with E-state index in [1.165, 1.54) is 3.97 Å². The molecule has 1 amide bonds. The molecule has 4 aromatic carbocycles. The predicted molar refractivity (Wildman–Crippen MR) is 186 cm³/mol. The van der Waals surface area contributed by atoms with Crippen molar-refractivity contribution in [2.45, 2.75) is 37.9 Å². The second-order valence-corrected chi connectivity index (χ2v) is 14.1. The number of benzene rings is 4. The minimum absolute atomic E-state index is 0.0548. The van der Waals surface area contributed by atoms with E-state index in [0.717, 1.165) is 33.2 Å². The van der Waals surface area contributed by atoms with Crippen LogP contribution in [0.15, 0.2) is 102 Å². The Balaban J connectivity index is 1.44. The number of aromatic nitrogens is 2. The van der Waals surface area contributed by atoms with Gasteiger partial charge in [-0.3, -0.25) is 4.79 Å². The fourth-order valence-corrected chi connectivity index (χ4v) is 8.05. The van der Waals surface area contributed by atoms with E-state index in [0.29, 0.717) is 34.5 Å². The van der Waals surface area contributed by atoms with E-state index in [2.05, 4.69) is 0 Å². The van der Waals surface area contributed by atoms with Gasteiger partial charge in [-0.1, -0.05) is 66.2 Å². The SMILES string of the molecule is COCOC1Cc2c(cc(OCc3ccccc3)c3c2c(C)cn3S(=O)(=O)c2ccc(C)cc2)N(C(=O)c2cc3ccccc3n2C)C1. The third kappa shape index (κ3) is 5.55. The molecule has 1 aliphatic heterocycles. The molecule has 246 valence electrons. The minimum atomic E-state index is -4.01. The van der Waals surface area contributed by atoms with Crippen LogP contribution >= 0.6 is 0 Å². The Morgan fingerprint density at radius 2 is 1.67 bits per heavy atom. The average molecular weight is 664 g/mol. The molecule has 1 unspecified atom stereocenters. The summed E-state index contributed by atoms with van der Waals surface area (Å²) in [6.07, 6.45) is 1.69. The topological polar surface area (TPSA) is 92.0 Å². The van der Waals surface area contributed by atoms with Crippen molar-refractivity contribution in [3.63, 3.8) is 0 Å². The van der Waals surface area contributed by atoms with Gasteiger partial charge in [-0.05, 0) is 54.8 Å². The fraction of sp³-hybridized carbons (Fsp3) is 0.237. The second-order valence-electron chi connectivity index (χ2n) is 12.3. The van der Waals surface area contributed by atoms with Crippen LogP contribution in [0.25, 0.3) is 21.8 Å². The van der Waals surface area contributed by atoms with Gasteiger partial charge in [0, 0.05) is 49.1 Å². The molecule has 2 aromatic heterocycles. The molecule has 1 atom stereocenters. The first-order valence-electron chi connectivity index (χ1n) is 15.8. The van der Waals surface area contributed by atoms with Gasteiger partial charge in [-0.2, -0.15) is 0 Å². The molecular formula is C38H37N3O6S. The number of methoxy groups -OCH3 is 1. The smallest absolute Gasteiger partial charge is 0.275 e. The Morgan fingerprint density at radius 1 is 0.938 bits per heavy atom. The van der Waals surface area contributed by atoms with Crippen molar-refractivity contribution in [1.82, 2.24) is 8.54 Å². The normalized spacial score (nSPS) is 14.8. The van der Waals surface area contributed by atoms with Crippen LogP contribution in [-0.2, 0) is 39.6 Å². The fourth-order valence-electron chi connectivity index (χ4n) is 6.62. The largest absolute Gasteiger partial charge is 0.487 e. The molecule has 9 nitrogen and oxygen atoms in total. The Morgan fingerprint density at radius 3 is 2.40 bits per heavy atom. The van der Waals surface area contributed by atoms with Gasteiger partial charge in [0.2, 0.25) is 0 Å². The van der Waals surface area contributed by atoms with Gasteiger partial charge in [0.1, 0.15) is 30.4 Å². The van der Waals surface area contributed by atoms with Crippen molar-refractivity contribution in [2.75, 3.05) is 25.3 Å². The Bertz CT molecular complexity index is 2260. The van der Waals surface area contributed by atoms with Crippen LogP contribution in [-0.4, -0.2) is 49.4 Å². The maximum Gasteiger partial charge on any atom is 0.275 e. The molecular weight excluding hydrogens is 626 g/mol. The van der Waals surface area contributed by atoms with Crippen molar-refractivity contribution >= 4 is 43.4 Å². The first-order chi connectivity index (χ1) is 23.2. The van der Waals surface area contributed by atoms with Crippen molar-refractivity contribution in [2.24, 2.45) is 7.05 Å². The van der Waals surface area contributed by atoms with E-state index in [1.807, 2.05) is 92.2 Å². The van der Waals surface area contributed by atoms with Crippen LogP contribution in [0.3, 0.4) is 0 Å². The summed E-state index contributed by atoms with van der Waals surface area (Å²) in [4.78, 5) is 16.4. The average Bonchev–Trinajstić information content (AvgIpc) is 3.64. The lowest BCUT2D eigenvalue weighted by atomic mass is 9.93. The summed E-state index contributed by atoms with van der Waals surface area (Å²) in [5.41, 5.74) is 5.99. The Kier molecular flexibility index (Phi) is 8.32. The summed E-state index contributed by atoms with van der Waals surface area (Å²) in [5, 5.41) is 1.68. The van der Waals surface area contributed by atoms with E-state index in [1.54, 1.807) is 42.5 Å².